The summed E-state index contributed by atoms with van der Waals surface area (Å²) in [6.45, 7) is 0.406. The minimum atomic E-state index is -4.50. The van der Waals surface area contributed by atoms with Crippen molar-refractivity contribution in [3.8, 4) is 5.75 Å². The van der Waals surface area contributed by atoms with E-state index in [0.29, 0.717) is 12.1 Å². The number of phenolic OH excluding ortho intramolecular Hbond substituents is 1. The van der Waals surface area contributed by atoms with E-state index in [0.717, 1.165) is 44.2 Å². The highest BCUT2D eigenvalue weighted by atomic mass is 19.4. The molecule has 9 heteroatoms. The average Bonchev–Trinajstić information content (AvgIpc) is 3.13. The van der Waals surface area contributed by atoms with Gasteiger partial charge in [0.2, 0.25) is 0 Å². The smallest absolute Gasteiger partial charge is 0.435 e. The highest BCUT2D eigenvalue weighted by Crippen LogP contribution is 2.28. The summed E-state index contributed by atoms with van der Waals surface area (Å²) in [7, 11) is 0. The number of nitrogens with one attached hydrogen (secondary N) is 1. The molecule has 1 aromatic heterocycles. The van der Waals surface area contributed by atoms with Gasteiger partial charge in [0.15, 0.2) is 5.69 Å². The monoisotopic (exact) mass is 401 g/mol. The predicted molar refractivity (Wildman–Crippen MR) is 93.7 cm³/mol. The average molecular weight is 401 g/mol. The molecule has 1 aliphatic rings. The quantitative estimate of drug-likeness (QED) is 0.527. The van der Waals surface area contributed by atoms with Crippen molar-refractivity contribution in [2.45, 2.75) is 57.5 Å². The zero-order valence-corrected chi connectivity index (χ0v) is 15.3. The Kier molecular flexibility index (Phi) is 6.56. The third kappa shape index (κ3) is 5.45. The fourth-order valence-electron chi connectivity index (χ4n) is 3.46. The highest BCUT2D eigenvalue weighted by molar-refractivity contribution is 5.27. The second-order valence-corrected chi connectivity index (χ2v) is 7.07. The Bertz CT molecular complexity index is 773. The number of hydrogen-bond donors (Lipinski definition) is 2. The molecule has 2 N–H and O–H groups in total. The molecule has 2 aromatic rings. The minimum Gasteiger partial charge on any atom is -0.508 e. The van der Waals surface area contributed by atoms with Crippen LogP contribution in [0.1, 0.15) is 49.1 Å². The number of nitrogens with zero attached hydrogens (tertiary/aromatic N) is 2. The number of rotatable bonds is 7. The van der Waals surface area contributed by atoms with Crippen LogP contribution < -0.4 is 0 Å². The molecular formula is C19H23F4N3O2. The molecule has 1 saturated carbocycles. The van der Waals surface area contributed by atoms with Gasteiger partial charge in [-0.15, -0.1) is 0 Å². The van der Waals surface area contributed by atoms with E-state index < -0.39 is 17.7 Å². The molecule has 3 rings (SSSR count). The lowest BCUT2D eigenvalue weighted by molar-refractivity contribution is -0.141. The molecule has 0 radical (unpaired) electrons. The van der Waals surface area contributed by atoms with Gasteiger partial charge in [-0.1, -0.05) is 25.3 Å². The van der Waals surface area contributed by atoms with Crippen molar-refractivity contribution in [1.29, 1.82) is 0 Å². The second kappa shape index (κ2) is 8.91. The first kappa shape index (κ1) is 20.6. The molecule has 0 bridgehead atoms. The van der Waals surface area contributed by atoms with Crippen LogP contribution in [0.15, 0.2) is 24.3 Å². The molecule has 154 valence electrons. The Morgan fingerprint density at radius 1 is 1.18 bits per heavy atom. The van der Waals surface area contributed by atoms with Gasteiger partial charge in [0.1, 0.15) is 18.3 Å². The number of benzene rings is 1. The summed E-state index contributed by atoms with van der Waals surface area (Å²) in [5.41, 5.74) is -0.319. The number of hydrogen-bond acceptors (Lipinski definition) is 4. The molecule has 0 atom stereocenters. The van der Waals surface area contributed by atoms with Gasteiger partial charge in [0.05, 0.1) is 12.3 Å². The number of H-pyrrole nitrogens is 1. The van der Waals surface area contributed by atoms with E-state index in [4.69, 9.17) is 4.74 Å². The minimum absolute atomic E-state index is 0.0512. The number of phenols is 1. The molecule has 1 heterocycles. The van der Waals surface area contributed by atoms with E-state index in [1.54, 1.807) is 0 Å². The van der Waals surface area contributed by atoms with Crippen molar-refractivity contribution in [3.63, 3.8) is 0 Å². The van der Waals surface area contributed by atoms with Crippen LogP contribution in [0, 0.1) is 5.82 Å². The lowest BCUT2D eigenvalue weighted by Gasteiger charge is -2.34. The predicted octanol–water partition coefficient (Wildman–Crippen LogP) is 4.58. The summed E-state index contributed by atoms with van der Waals surface area (Å²) in [5, 5.41) is 15.0. The van der Waals surface area contributed by atoms with E-state index in [9.17, 15) is 22.7 Å². The Morgan fingerprint density at radius 3 is 2.57 bits per heavy atom. The van der Waals surface area contributed by atoms with Gasteiger partial charge in [-0.25, -0.2) is 4.39 Å². The Labute approximate surface area is 160 Å². The molecule has 5 nitrogen and oxygen atoms in total. The molecule has 0 amide bonds. The van der Waals surface area contributed by atoms with E-state index in [-0.39, 0.29) is 30.8 Å². The number of aromatic amines is 1. The third-order valence-electron chi connectivity index (χ3n) is 4.94. The van der Waals surface area contributed by atoms with E-state index >= 15 is 0 Å². The summed E-state index contributed by atoms with van der Waals surface area (Å²) < 4.78 is 57.6. The van der Waals surface area contributed by atoms with Gasteiger partial charge >= 0.3 is 6.18 Å². The Balaban J connectivity index is 1.63. The van der Waals surface area contributed by atoms with Gasteiger partial charge in [0.25, 0.3) is 0 Å². The maximum Gasteiger partial charge on any atom is 0.435 e. The first-order chi connectivity index (χ1) is 13.3. The molecule has 0 spiro atoms. The van der Waals surface area contributed by atoms with E-state index in [1.807, 2.05) is 4.90 Å². The van der Waals surface area contributed by atoms with E-state index in [1.165, 1.54) is 12.1 Å². The van der Waals surface area contributed by atoms with E-state index in [2.05, 4.69) is 10.2 Å². The van der Waals surface area contributed by atoms with Crippen molar-refractivity contribution in [3.05, 3.63) is 47.0 Å². The number of ether oxygens (including phenoxy) is 1. The van der Waals surface area contributed by atoms with Gasteiger partial charge < -0.3 is 9.84 Å². The van der Waals surface area contributed by atoms with Crippen LogP contribution in [0.3, 0.4) is 0 Å². The first-order valence-electron chi connectivity index (χ1n) is 9.23. The number of aromatic nitrogens is 2. The molecule has 1 aliphatic carbocycles. The third-order valence-corrected chi connectivity index (χ3v) is 4.94. The first-order valence-corrected chi connectivity index (χ1v) is 9.23. The number of aromatic hydroxyl groups is 1. The number of halogens is 4. The van der Waals surface area contributed by atoms with Crippen molar-refractivity contribution in [1.82, 2.24) is 15.1 Å². The van der Waals surface area contributed by atoms with Crippen LogP contribution in [-0.2, 0) is 24.1 Å². The largest absolute Gasteiger partial charge is 0.508 e. The summed E-state index contributed by atoms with van der Waals surface area (Å²) in [6, 6.07) is 5.17. The van der Waals surface area contributed by atoms with Gasteiger partial charge in [-0.3, -0.25) is 10.00 Å². The molecule has 0 saturated heterocycles. The van der Waals surface area contributed by atoms with Gasteiger partial charge in [-0.05, 0) is 25.0 Å². The Hall–Kier alpha value is -2.13. The van der Waals surface area contributed by atoms with Crippen LogP contribution >= 0.6 is 0 Å². The van der Waals surface area contributed by atoms with Crippen LogP contribution in [0.25, 0.3) is 0 Å². The SMILES string of the molecule is Oc1ccc(CN(COCc2cc(C(F)(F)F)n[nH]2)C2CCCCC2)c(F)c1. The zero-order valence-electron chi connectivity index (χ0n) is 15.3. The van der Waals surface area contributed by atoms with Crippen molar-refractivity contribution in [2.75, 3.05) is 6.73 Å². The molecular weight excluding hydrogens is 378 g/mol. The lowest BCUT2D eigenvalue weighted by atomic mass is 9.94. The summed E-state index contributed by atoms with van der Waals surface area (Å²) in [5.74, 6) is -0.634. The summed E-state index contributed by atoms with van der Waals surface area (Å²) in [6.07, 6.45) is 0.743. The topological polar surface area (TPSA) is 61.4 Å². The van der Waals surface area contributed by atoms with Gasteiger partial charge in [-0.2, -0.15) is 18.3 Å². The van der Waals surface area contributed by atoms with Crippen molar-refractivity contribution < 1.29 is 27.4 Å². The fourth-order valence-corrected chi connectivity index (χ4v) is 3.46. The van der Waals surface area contributed by atoms with Crippen molar-refractivity contribution in [2.24, 2.45) is 0 Å². The summed E-state index contributed by atoms with van der Waals surface area (Å²) >= 11 is 0. The maximum atomic E-state index is 14.1. The van der Waals surface area contributed by atoms with Crippen LogP contribution in [0.4, 0.5) is 17.6 Å². The van der Waals surface area contributed by atoms with Crippen molar-refractivity contribution >= 4 is 0 Å². The van der Waals surface area contributed by atoms with Crippen LogP contribution in [0.2, 0.25) is 0 Å². The molecule has 28 heavy (non-hydrogen) atoms. The molecule has 0 unspecified atom stereocenters. The van der Waals surface area contributed by atoms with Crippen LogP contribution in [-0.4, -0.2) is 33.0 Å². The van der Waals surface area contributed by atoms with Crippen LogP contribution in [0.5, 0.6) is 5.75 Å². The number of alkyl halides is 3. The highest BCUT2D eigenvalue weighted by Gasteiger charge is 2.33. The second-order valence-electron chi connectivity index (χ2n) is 7.07. The summed E-state index contributed by atoms with van der Waals surface area (Å²) in [4.78, 5) is 2.00. The zero-order chi connectivity index (χ0) is 20.1. The molecule has 1 fully saturated rings. The maximum absolute atomic E-state index is 14.1. The van der Waals surface area contributed by atoms with Gasteiger partial charge in [0, 0.05) is 24.2 Å². The Morgan fingerprint density at radius 2 is 1.93 bits per heavy atom. The normalized spacial score (nSPS) is 16.0. The standard InChI is InChI=1S/C19H23F4N3O2/c20-17-9-16(27)7-6-13(17)10-26(15-4-2-1-3-5-15)12-28-11-14-8-18(25-24-14)19(21,22)23/h6-9,15,27H,1-5,10-12H2,(H,24,25). The molecule has 0 aliphatic heterocycles. The fraction of sp³-hybridized carbons (Fsp3) is 0.526. The lowest BCUT2D eigenvalue weighted by Crippen LogP contribution is -2.38. The molecule has 1 aromatic carbocycles.